The van der Waals surface area contributed by atoms with E-state index in [-0.39, 0.29) is 6.03 Å². The molecular formula is C14H24N4O. The number of amides is 2. The van der Waals surface area contributed by atoms with Crippen molar-refractivity contribution >= 4 is 6.03 Å². The molecule has 19 heavy (non-hydrogen) atoms. The highest BCUT2D eigenvalue weighted by atomic mass is 16.2. The Morgan fingerprint density at radius 1 is 1.47 bits per heavy atom. The summed E-state index contributed by atoms with van der Waals surface area (Å²) in [4.78, 5) is 13.9. The van der Waals surface area contributed by atoms with Gasteiger partial charge in [-0.25, -0.2) is 4.79 Å². The van der Waals surface area contributed by atoms with E-state index in [1.165, 1.54) is 19.3 Å². The van der Waals surface area contributed by atoms with Crippen LogP contribution in [-0.4, -0.2) is 33.8 Å². The van der Waals surface area contributed by atoms with Gasteiger partial charge in [-0.2, -0.15) is 5.10 Å². The first-order valence-electron chi connectivity index (χ1n) is 7.07. The molecule has 1 heterocycles. The summed E-state index contributed by atoms with van der Waals surface area (Å²) in [5.41, 5.74) is 2.21. The molecule has 0 aromatic carbocycles. The van der Waals surface area contributed by atoms with E-state index in [9.17, 15) is 4.79 Å². The molecule has 0 spiro atoms. The highest BCUT2D eigenvalue weighted by Gasteiger charge is 2.18. The minimum atomic E-state index is 0.0233. The number of nitrogens with one attached hydrogen (secondary N) is 1. The molecule has 0 unspecified atom stereocenters. The molecule has 5 heteroatoms. The maximum atomic E-state index is 12.1. The highest BCUT2D eigenvalue weighted by molar-refractivity contribution is 5.74. The van der Waals surface area contributed by atoms with Gasteiger partial charge in [-0.15, -0.1) is 0 Å². The van der Waals surface area contributed by atoms with E-state index in [1.807, 2.05) is 31.9 Å². The van der Waals surface area contributed by atoms with Crippen LogP contribution in [0.15, 0.2) is 6.20 Å². The minimum absolute atomic E-state index is 0.0233. The molecule has 1 N–H and O–H groups in total. The molecule has 0 radical (unpaired) electrons. The second kappa shape index (κ2) is 6.08. The fourth-order valence-electron chi connectivity index (χ4n) is 2.56. The SMILES string of the molecule is Cc1c(CN(C)C(=O)NC2CCCCC2)cnn1C. The van der Waals surface area contributed by atoms with E-state index in [0.29, 0.717) is 12.6 Å². The average molecular weight is 264 g/mol. The molecule has 1 aliphatic rings. The van der Waals surface area contributed by atoms with Gasteiger partial charge >= 0.3 is 6.03 Å². The summed E-state index contributed by atoms with van der Waals surface area (Å²) in [6.07, 6.45) is 7.83. The van der Waals surface area contributed by atoms with Crippen molar-refractivity contribution in [1.29, 1.82) is 0 Å². The van der Waals surface area contributed by atoms with Gasteiger partial charge in [0.1, 0.15) is 0 Å². The number of hydrogen-bond donors (Lipinski definition) is 1. The van der Waals surface area contributed by atoms with Crippen LogP contribution < -0.4 is 5.32 Å². The standard InChI is InChI=1S/C14H24N4O/c1-11-12(9-15-18(11)3)10-17(2)14(19)16-13-7-5-4-6-8-13/h9,13H,4-8,10H2,1-3H3,(H,16,19). The number of carbonyl (C=O) groups excluding carboxylic acids is 1. The van der Waals surface area contributed by atoms with E-state index in [0.717, 1.165) is 24.1 Å². The molecule has 1 fully saturated rings. The summed E-state index contributed by atoms with van der Waals surface area (Å²) in [5, 5.41) is 7.33. The Hall–Kier alpha value is -1.52. The summed E-state index contributed by atoms with van der Waals surface area (Å²) < 4.78 is 1.84. The van der Waals surface area contributed by atoms with Gasteiger partial charge in [-0.05, 0) is 19.8 Å². The summed E-state index contributed by atoms with van der Waals surface area (Å²) in [6.45, 7) is 2.63. The Morgan fingerprint density at radius 3 is 2.74 bits per heavy atom. The van der Waals surface area contributed by atoms with Crippen molar-refractivity contribution in [3.05, 3.63) is 17.5 Å². The third-order valence-corrected chi connectivity index (χ3v) is 4.02. The molecule has 1 saturated carbocycles. The Morgan fingerprint density at radius 2 is 2.16 bits per heavy atom. The first-order chi connectivity index (χ1) is 9.08. The van der Waals surface area contributed by atoms with Crippen LogP contribution in [0.3, 0.4) is 0 Å². The van der Waals surface area contributed by atoms with Crippen molar-refractivity contribution in [2.24, 2.45) is 7.05 Å². The largest absolute Gasteiger partial charge is 0.335 e. The van der Waals surface area contributed by atoms with Gasteiger partial charge < -0.3 is 10.2 Å². The molecule has 0 saturated heterocycles. The van der Waals surface area contributed by atoms with Gasteiger partial charge in [-0.1, -0.05) is 19.3 Å². The molecular weight excluding hydrogens is 240 g/mol. The van der Waals surface area contributed by atoms with Crippen molar-refractivity contribution in [2.75, 3.05) is 7.05 Å². The smallest absolute Gasteiger partial charge is 0.317 e. The van der Waals surface area contributed by atoms with Crippen LogP contribution in [-0.2, 0) is 13.6 Å². The number of nitrogens with zero attached hydrogens (tertiary/aromatic N) is 3. The molecule has 1 aliphatic carbocycles. The van der Waals surface area contributed by atoms with Crippen molar-refractivity contribution in [3.8, 4) is 0 Å². The second-order valence-corrected chi connectivity index (χ2v) is 5.52. The molecule has 2 amide bonds. The molecule has 5 nitrogen and oxygen atoms in total. The van der Waals surface area contributed by atoms with Crippen molar-refractivity contribution < 1.29 is 4.79 Å². The van der Waals surface area contributed by atoms with E-state index in [1.54, 1.807) is 4.90 Å². The lowest BCUT2D eigenvalue weighted by atomic mass is 9.96. The van der Waals surface area contributed by atoms with E-state index < -0.39 is 0 Å². The Balaban J connectivity index is 1.86. The van der Waals surface area contributed by atoms with Crippen LogP contribution in [0.1, 0.15) is 43.4 Å². The number of rotatable bonds is 3. The molecule has 2 rings (SSSR count). The predicted molar refractivity (Wildman–Crippen MR) is 74.8 cm³/mol. The normalized spacial score (nSPS) is 16.4. The molecule has 1 aromatic rings. The van der Waals surface area contributed by atoms with E-state index in [2.05, 4.69) is 10.4 Å². The lowest BCUT2D eigenvalue weighted by molar-refractivity contribution is 0.198. The average Bonchev–Trinajstić information content (AvgIpc) is 2.72. The summed E-state index contributed by atoms with van der Waals surface area (Å²) >= 11 is 0. The first-order valence-corrected chi connectivity index (χ1v) is 7.07. The van der Waals surface area contributed by atoms with Crippen LogP contribution in [0.25, 0.3) is 0 Å². The first kappa shape index (κ1) is 13.9. The molecule has 106 valence electrons. The molecule has 0 atom stereocenters. The predicted octanol–water partition coefficient (Wildman–Crippen LogP) is 2.20. The summed E-state index contributed by atoms with van der Waals surface area (Å²) in [7, 11) is 3.76. The van der Waals surface area contributed by atoms with Crippen molar-refractivity contribution in [2.45, 2.75) is 51.6 Å². The molecule has 0 bridgehead atoms. The zero-order chi connectivity index (χ0) is 13.8. The second-order valence-electron chi connectivity index (χ2n) is 5.52. The van der Waals surface area contributed by atoms with Crippen LogP contribution in [0, 0.1) is 6.92 Å². The number of urea groups is 1. The lowest BCUT2D eigenvalue weighted by Crippen LogP contribution is -2.43. The third kappa shape index (κ3) is 3.49. The highest BCUT2D eigenvalue weighted by Crippen LogP contribution is 2.17. The number of aryl methyl sites for hydroxylation is 1. The number of aromatic nitrogens is 2. The topological polar surface area (TPSA) is 50.2 Å². The van der Waals surface area contributed by atoms with Gasteiger partial charge in [0.05, 0.1) is 12.7 Å². The van der Waals surface area contributed by atoms with Gasteiger partial charge in [0, 0.05) is 31.4 Å². The zero-order valence-corrected chi connectivity index (χ0v) is 12.1. The monoisotopic (exact) mass is 264 g/mol. The van der Waals surface area contributed by atoms with Gasteiger partial charge in [0.25, 0.3) is 0 Å². The van der Waals surface area contributed by atoms with Crippen molar-refractivity contribution in [1.82, 2.24) is 20.0 Å². The molecule has 0 aliphatic heterocycles. The van der Waals surface area contributed by atoms with Crippen LogP contribution >= 0.6 is 0 Å². The quantitative estimate of drug-likeness (QED) is 0.910. The van der Waals surface area contributed by atoms with Gasteiger partial charge in [-0.3, -0.25) is 4.68 Å². The molecule has 1 aromatic heterocycles. The number of carbonyl (C=O) groups is 1. The minimum Gasteiger partial charge on any atom is -0.335 e. The van der Waals surface area contributed by atoms with E-state index in [4.69, 9.17) is 0 Å². The van der Waals surface area contributed by atoms with Crippen LogP contribution in [0.4, 0.5) is 4.79 Å². The third-order valence-electron chi connectivity index (χ3n) is 4.02. The Kier molecular flexibility index (Phi) is 4.45. The Labute approximate surface area is 115 Å². The van der Waals surface area contributed by atoms with Gasteiger partial charge in [0.15, 0.2) is 0 Å². The van der Waals surface area contributed by atoms with Crippen molar-refractivity contribution in [3.63, 3.8) is 0 Å². The van der Waals surface area contributed by atoms with Crippen LogP contribution in [0.2, 0.25) is 0 Å². The summed E-state index contributed by atoms with van der Waals surface area (Å²) in [5.74, 6) is 0. The van der Waals surface area contributed by atoms with Crippen LogP contribution in [0.5, 0.6) is 0 Å². The van der Waals surface area contributed by atoms with Gasteiger partial charge in [0.2, 0.25) is 0 Å². The maximum absolute atomic E-state index is 12.1. The fourth-order valence-corrected chi connectivity index (χ4v) is 2.56. The van der Waals surface area contributed by atoms with E-state index >= 15 is 0 Å². The lowest BCUT2D eigenvalue weighted by Gasteiger charge is -2.26. The number of hydrogen-bond acceptors (Lipinski definition) is 2. The summed E-state index contributed by atoms with van der Waals surface area (Å²) in [6, 6.07) is 0.383. The fraction of sp³-hybridized carbons (Fsp3) is 0.714. The Bertz CT molecular complexity index is 435. The zero-order valence-electron chi connectivity index (χ0n) is 12.1. The maximum Gasteiger partial charge on any atom is 0.317 e.